The molecule has 0 saturated carbocycles. The molecule has 0 radical (unpaired) electrons. The lowest BCUT2D eigenvalue weighted by atomic mass is 10.1. The highest BCUT2D eigenvalue weighted by molar-refractivity contribution is 7.11. The molecule has 1 aromatic rings. The van der Waals surface area contributed by atoms with Gasteiger partial charge in [-0.15, -0.1) is 11.3 Å². The number of aryl methyl sites for hydroxylation is 3. The smallest absolute Gasteiger partial charge is 0.0930 e. The van der Waals surface area contributed by atoms with Crippen LogP contribution >= 0.6 is 11.3 Å². The fourth-order valence-electron chi connectivity index (χ4n) is 1.66. The minimum atomic E-state index is 0.636. The highest BCUT2D eigenvalue weighted by atomic mass is 32.1. The standard InChI is InChI=1S/C12H22N2S/c1-5-13-9(2)7-6-8-12-14-10(3)11(4)15-12/h9,13H,5-8H2,1-4H3. The van der Waals surface area contributed by atoms with E-state index in [1.807, 2.05) is 11.3 Å². The van der Waals surface area contributed by atoms with Gasteiger partial charge in [0.05, 0.1) is 10.7 Å². The van der Waals surface area contributed by atoms with Crippen LogP contribution in [0.2, 0.25) is 0 Å². The Morgan fingerprint density at radius 2 is 2.13 bits per heavy atom. The molecule has 15 heavy (non-hydrogen) atoms. The molecule has 0 bridgehead atoms. The third-order valence-electron chi connectivity index (χ3n) is 2.65. The fraction of sp³-hybridized carbons (Fsp3) is 0.750. The van der Waals surface area contributed by atoms with E-state index in [0.717, 1.165) is 13.0 Å². The Morgan fingerprint density at radius 1 is 1.40 bits per heavy atom. The van der Waals surface area contributed by atoms with Gasteiger partial charge in [0.25, 0.3) is 0 Å². The van der Waals surface area contributed by atoms with E-state index in [0.29, 0.717) is 6.04 Å². The predicted molar refractivity (Wildman–Crippen MR) is 67.7 cm³/mol. The van der Waals surface area contributed by atoms with Gasteiger partial charge in [-0.25, -0.2) is 4.98 Å². The van der Waals surface area contributed by atoms with Crippen LogP contribution in [0.3, 0.4) is 0 Å². The first-order valence-electron chi connectivity index (χ1n) is 5.79. The molecule has 0 fully saturated rings. The van der Waals surface area contributed by atoms with Crippen molar-refractivity contribution in [3.63, 3.8) is 0 Å². The van der Waals surface area contributed by atoms with E-state index in [2.05, 4.69) is 38.0 Å². The molecule has 1 aromatic heterocycles. The maximum absolute atomic E-state index is 4.55. The van der Waals surface area contributed by atoms with Crippen LogP contribution < -0.4 is 5.32 Å². The second-order valence-electron chi connectivity index (χ2n) is 4.10. The lowest BCUT2D eigenvalue weighted by Gasteiger charge is -2.10. The van der Waals surface area contributed by atoms with Gasteiger partial charge in [0.1, 0.15) is 0 Å². The maximum atomic E-state index is 4.55. The summed E-state index contributed by atoms with van der Waals surface area (Å²) in [7, 11) is 0. The van der Waals surface area contributed by atoms with Gasteiger partial charge in [-0.3, -0.25) is 0 Å². The zero-order chi connectivity index (χ0) is 11.3. The van der Waals surface area contributed by atoms with E-state index in [-0.39, 0.29) is 0 Å². The van der Waals surface area contributed by atoms with Crippen LogP contribution in [0.15, 0.2) is 0 Å². The number of rotatable bonds is 6. The monoisotopic (exact) mass is 226 g/mol. The second-order valence-corrected chi connectivity index (χ2v) is 5.39. The van der Waals surface area contributed by atoms with Crippen molar-refractivity contribution in [1.82, 2.24) is 10.3 Å². The van der Waals surface area contributed by atoms with Crippen LogP contribution in [-0.4, -0.2) is 17.6 Å². The summed E-state index contributed by atoms with van der Waals surface area (Å²) in [5.74, 6) is 0. The number of hydrogen-bond acceptors (Lipinski definition) is 3. The number of hydrogen-bond donors (Lipinski definition) is 1. The van der Waals surface area contributed by atoms with Gasteiger partial charge in [-0.2, -0.15) is 0 Å². The van der Waals surface area contributed by atoms with Crippen LogP contribution in [-0.2, 0) is 6.42 Å². The number of aromatic nitrogens is 1. The minimum Gasteiger partial charge on any atom is -0.315 e. The van der Waals surface area contributed by atoms with Gasteiger partial charge >= 0.3 is 0 Å². The summed E-state index contributed by atoms with van der Waals surface area (Å²) >= 11 is 1.85. The molecular weight excluding hydrogens is 204 g/mol. The van der Waals surface area contributed by atoms with Crippen molar-refractivity contribution in [3.8, 4) is 0 Å². The summed E-state index contributed by atoms with van der Waals surface area (Å²) in [6.07, 6.45) is 3.61. The zero-order valence-electron chi connectivity index (χ0n) is 10.3. The Morgan fingerprint density at radius 3 is 2.67 bits per heavy atom. The first-order valence-corrected chi connectivity index (χ1v) is 6.61. The maximum Gasteiger partial charge on any atom is 0.0930 e. The Labute approximate surface area is 97.1 Å². The van der Waals surface area contributed by atoms with Crippen molar-refractivity contribution in [1.29, 1.82) is 0 Å². The Kier molecular flexibility index (Phi) is 5.26. The Bertz CT molecular complexity index is 274. The van der Waals surface area contributed by atoms with Crippen molar-refractivity contribution < 1.29 is 0 Å². The normalized spacial score (nSPS) is 13.1. The number of thiazole rings is 1. The molecule has 2 nitrogen and oxygen atoms in total. The number of nitrogens with zero attached hydrogens (tertiary/aromatic N) is 1. The predicted octanol–water partition coefficient (Wildman–Crippen LogP) is 3.08. The molecule has 0 aliphatic heterocycles. The van der Waals surface area contributed by atoms with E-state index in [1.165, 1.54) is 28.4 Å². The molecule has 1 atom stereocenters. The average molecular weight is 226 g/mol. The summed E-state index contributed by atoms with van der Waals surface area (Å²) < 4.78 is 0. The molecule has 0 aromatic carbocycles. The van der Waals surface area contributed by atoms with Crippen molar-refractivity contribution in [2.45, 2.75) is 53.0 Å². The fourth-order valence-corrected chi connectivity index (χ4v) is 2.63. The van der Waals surface area contributed by atoms with Gasteiger partial charge in [-0.1, -0.05) is 6.92 Å². The highest BCUT2D eigenvalue weighted by Gasteiger charge is 2.04. The van der Waals surface area contributed by atoms with E-state index >= 15 is 0 Å². The quantitative estimate of drug-likeness (QED) is 0.806. The van der Waals surface area contributed by atoms with Gasteiger partial charge in [0, 0.05) is 10.9 Å². The van der Waals surface area contributed by atoms with Crippen LogP contribution in [0.25, 0.3) is 0 Å². The summed E-state index contributed by atoms with van der Waals surface area (Å²) in [4.78, 5) is 5.92. The molecule has 1 rings (SSSR count). The average Bonchev–Trinajstić information content (AvgIpc) is 2.46. The summed E-state index contributed by atoms with van der Waals surface area (Å²) in [6, 6.07) is 0.636. The molecule has 3 heteroatoms. The first-order chi connectivity index (χ1) is 7.13. The summed E-state index contributed by atoms with van der Waals surface area (Å²) in [5, 5.41) is 4.73. The topological polar surface area (TPSA) is 24.9 Å². The van der Waals surface area contributed by atoms with Crippen LogP contribution in [0.1, 0.15) is 42.3 Å². The van der Waals surface area contributed by atoms with Crippen LogP contribution in [0.5, 0.6) is 0 Å². The lowest BCUT2D eigenvalue weighted by molar-refractivity contribution is 0.512. The molecule has 86 valence electrons. The van der Waals surface area contributed by atoms with Gasteiger partial charge in [0.2, 0.25) is 0 Å². The van der Waals surface area contributed by atoms with E-state index < -0.39 is 0 Å². The molecule has 0 aliphatic carbocycles. The highest BCUT2D eigenvalue weighted by Crippen LogP contribution is 2.18. The van der Waals surface area contributed by atoms with E-state index in [9.17, 15) is 0 Å². The minimum absolute atomic E-state index is 0.636. The molecular formula is C12H22N2S. The summed E-state index contributed by atoms with van der Waals surface area (Å²) in [5.41, 5.74) is 1.20. The van der Waals surface area contributed by atoms with Crippen molar-refractivity contribution in [2.75, 3.05) is 6.54 Å². The molecule has 0 amide bonds. The van der Waals surface area contributed by atoms with Crippen molar-refractivity contribution >= 4 is 11.3 Å². The Balaban J connectivity index is 2.25. The molecule has 0 aliphatic rings. The van der Waals surface area contributed by atoms with Crippen molar-refractivity contribution in [2.24, 2.45) is 0 Å². The SMILES string of the molecule is CCNC(C)CCCc1nc(C)c(C)s1. The van der Waals surface area contributed by atoms with Gasteiger partial charge in [0.15, 0.2) is 0 Å². The molecule has 1 N–H and O–H groups in total. The second kappa shape index (κ2) is 6.23. The first kappa shape index (κ1) is 12.7. The lowest BCUT2D eigenvalue weighted by Crippen LogP contribution is -2.25. The van der Waals surface area contributed by atoms with E-state index in [4.69, 9.17) is 0 Å². The molecule has 1 unspecified atom stereocenters. The van der Waals surface area contributed by atoms with Crippen molar-refractivity contribution in [3.05, 3.63) is 15.6 Å². The van der Waals surface area contributed by atoms with Gasteiger partial charge in [-0.05, 0) is 46.6 Å². The molecule has 1 heterocycles. The number of nitrogens with one attached hydrogen (secondary N) is 1. The zero-order valence-corrected chi connectivity index (χ0v) is 11.1. The van der Waals surface area contributed by atoms with Gasteiger partial charge < -0.3 is 5.32 Å². The van der Waals surface area contributed by atoms with Crippen LogP contribution in [0, 0.1) is 13.8 Å². The third kappa shape index (κ3) is 4.31. The third-order valence-corrected chi connectivity index (χ3v) is 3.79. The van der Waals surface area contributed by atoms with Crippen LogP contribution in [0.4, 0.5) is 0 Å². The largest absolute Gasteiger partial charge is 0.315 e. The molecule has 0 saturated heterocycles. The molecule has 0 spiro atoms. The Hall–Kier alpha value is -0.410. The van der Waals surface area contributed by atoms with E-state index in [1.54, 1.807) is 0 Å². The summed E-state index contributed by atoms with van der Waals surface area (Å²) in [6.45, 7) is 9.72.